The van der Waals surface area contributed by atoms with Gasteiger partial charge in [-0.05, 0) is 13.2 Å². The number of rotatable bonds is 2. The van der Waals surface area contributed by atoms with E-state index in [4.69, 9.17) is 8.42 Å². The molecule has 0 aliphatic rings. The molecule has 8 heteroatoms. The van der Waals surface area contributed by atoms with Crippen LogP contribution in [0.5, 0.6) is 0 Å². The van der Waals surface area contributed by atoms with E-state index in [1.165, 1.54) is 0 Å². The van der Waals surface area contributed by atoms with Crippen LogP contribution in [0.3, 0.4) is 0 Å². The van der Waals surface area contributed by atoms with Gasteiger partial charge in [-0.2, -0.15) is 17.2 Å². The first-order valence-electron chi connectivity index (χ1n) is 2.14. The van der Waals surface area contributed by atoms with E-state index in [2.05, 4.69) is 17.9 Å². The molecule has 0 aromatic carbocycles. The van der Waals surface area contributed by atoms with Crippen LogP contribution in [-0.2, 0) is 15.3 Å². The fourth-order valence-corrected chi connectivity index (χ4v) is 0.120. The average molecular weight is 208 g/mol. The second-order valence-corrected chi connectivity index (χ2v) is 1.95. The van der Waals surface area contributed by atoms with Gasteiger partial charge in [-0.1, -0.05) is 7.77 Å². The molecule has 0 aromatic heterocycles. The van der Waals surface area contributed by atoms with Crippen molar-refractivity contribution < 1.29 is 29.7 Å². The van der Waals surface area contributed by atoms with Crippen molar-refractivity contribution in [2.45, 2.75) is 0 Å². The van der Waals surface area contributed by atoms with Gasteiger partial charge in [0.1, 0.15) is 0 Å². The van der Waals surface area contributed by atoms with Gasteiger partial charge in [0.25, 0.3) is 12.0 Å². The lowest BCUT2D eigenvalue weighted by Gasteiger charge is -1.90. The average Bonchev–Trinajstić information content (AvgIpc) is 1.52. The molecular formula is C4H4F4O3S. The molecule has 72 valence electrons. The highest BCUT2D eigenvalue weighted by Gasteiger charge is 1.94. The Morgan fingerprint density at radius 2 is 1.25 bits per heavy atom. The van der Waals surface area contributed by atoms with Gasteiger partial charge in [0.05, 0.1) is 0 Å². The molecule has 3 nitrogen and oxygen atoms in total. The van der Waals surface area contributed by atoms with Crippen molar-refractivity contribution in [3.63, 3.8) is 0 Å². The lowest BCUT2D eigenvalue weighted by atomic mass is 11.0. The fourth-order valence-electron chi connectivity index (χ4n) is 0.120. The highest BCUT2D eigenvalue weighted by Crippen LogP contribution is 2.02. The fraction of sp³-hybridized carbons (Fsp3) is 0. The van der Waals surface area contributed by atoms with Gasteiger partial charge in [-0.15, -0.1) is 0 Å². The lowest BCUT2D eigenvalue weighted by Crippen LogP contribution is -1.75. The van der Waals surface area contributed by atoms with E-state index < -0.39 is 22.6 Å². The molecular weight excluding hydrogens is 204 g/mol. The van der Waals surface area contributed by atoms with Gasteiger partial charge in [-0.25, -0.2) is 0 Å². The van der Waals surface area contributed by atoms with Crippen molar-refractivity contribution in [1.82, 2.24) is 0 Å². The Kier molecular flexibility index (Phi) is 6.29. The molecule has 0 bridgehead atoms. The van der Waals surface area contributed by atoms with Crippen molar-refractivity contribution in [3.05, 3.63) is 25.2 Å². The SMILES string of the molecule is C=C(F)OC(=C)F.O=S(=O)(F)F. The first-order chi connectivity index (χ1) is 5.13. The second-order valence-electron chi connectivity index (χ2n) is 1.19. The Labute approximate surface area is 66.5 Å². The highest BCUT2D eigenvalue weighted by atomic mass is 32.3. The van der Waals surface area contributed by atoms with Gasteiger partial charge in [0.2, 0.25) is 0 Å². The number of ether oxygens (including phenoxy) is 1. The van der Waals surface area contributed by atoms with E-state index in [9.17, 15) is 16.6 Å². The molecule has 0 aliphatic carbocycles. The van der Waals surface area contributed by atoms with Crippen molar-refractivity contribution >= 4 is 10.6 Å². The number of hydrogen-bond donors (Lipinski definition) is 0. The van der Waals surface area contributed by atoms with Crippen LogP contribution in [0, 0.1) is 0 Å². The normalized spacial score (nSPS) is 9.33. The van der Waals surface area contributed by atoms with E-state index in [0.29, 0.717) is 0 Å². The van der Waals surface area contributed by atoms with E-state index in [1.54, 1.807) is 0 Å². The zero-order chi connectivity index (χ0) is 10.4. The standard InChI is InChI=1S/C4H4F2O.F2O2S/c1-3(5)7-4(2)6;1-5(2,3)4/h1-2H2;. The van der Waals surface area contributed by atoms with Crippen molar-refractivity contribution in [1.29, 1.82) is 0 Å². The third kappa shape index (κ3) is 65.0. The smallest absolute Gasteiger partial charge is 0.405 e. The predicted octanol–water partition coefficient (Wildman–Crippen LogP) is 2.05. The lowest BCUT2D eigenvalue weighted by molar-refractivity contribution is 0.158. The maximum atomic E-state index is 11.2. The molecule has 0 spiro atoms. The minimum absolute atomic E-state index is 1.19. The van der Waals surface area contributed by atoms with Crippen LogP contribution >= 0.6 is 0 Å². The summed E-state index contributed by atoms with van der Waals surface area (Å²) in [5, 5.41) is 0. The van der Waals surface area contributed by atoms with E-state index in [1.807, 2.05) is 0 Å². The first kappa shape index (κ1) is 13.5. The third-order valence-corrected chi connectivity index (χ3v) is 0.221. The number of halogens is 4. The summed E-state index contributed by atoms with van der Waals surface area (Å²) < 4.78 is 62.6. The van der Waals surface area contributed by atoms with Crippen molar-refractivity contribution in [2.24, 2.45) is 0 Å². The second kappa shape index (κ2) is 5.58. The van der Waals surface area contributed by atoms with E-state index >= 15 is 0 Å². The Hall–Kier alpha value is -1.05. The van der Waals surface area contributed by atoms with E-state index in [0.717, 1.165) is 0 Å². The quantitative estimate of drug-likeness (QED) is 0.396. The summed E-state index contributed by atoms with van der Waals surface area (Å²) >= 11 is 0. The van der Waals surface area contributed by atoms with Crippen molar-refractivity contribution in [3.8, 4) is 0 Å². The van der Waals surface area contributed by atoms with Gasteiger partial charge in [0, 0.05) is 0 Å². The summed E-state index contributed by atoms with van der Waals surface area (Å²) in [6, 6.07) is -2.38. The summed E-state index contributed by atoms with van der Waals surface area (Å²) in [6.45, 7) is 5.21. The number of hydrogen-bond acceptors (Lipinski definition) is 3. The van der Waals surface area contributed by atoms with Gasteiger partial charge >= 0.3 is 10.6 Å². The minimum Gasteiger partial charge on any atom is -0.405 e. The van der Waals surface area contributed by atoms with Gasteiger partial charge in [-0.3, -0.25) is 0 Å². The zero-order valence-electron chi connectivity index (χ0n) is 5.56. The van der Waals surface area contributed by atoms with Crippen molar-refractivity contribution in [2.75, 3.05) is 0 Å². The summed E-state index contributed by atoms with van der Waals surface area (Å²) in [6.07, 6.45) is 0. The van der Waals surface area contributed by atoms with Gasteiger partial charge in [0.15, 0.2) is 0 Å². The Bertz CT molecular complexity index is 237. The van der Waals surface area contributed by atoms with Gasteiger partial charge < -0.3 is 4.74 Å². The molecule has 0 unspecified atom stereocenters. The molecule has 0 aromatic rings. The molecule has 12 heavy (non-hydrogen) atoms. The first-order valence-corrected chi connectivity index (χ1v) is 3.42. The molecule has 0 radical (unpaired) electrons. The Balaban J connectivity index is 0. The highest BCUT2D eigenvalue weighted by molar-refractivity contribution is 7.81. The van der Waals surface area contributed by atoms with Crippen LogP contribution in [0.2, 0.25) is 0 Å². The summed E-state index contributed by atoms with van der Waals surface area (Å²) in [4.78, 5) is 0. The molecule has 0 amide bonds. The summed E-state index contributed by atoms with van der Waals surface area (Å²) in [5.41, 5.74) is 0. The maximum Gasteiger partial charge on any atom is 0.476 e. The minimum atomic E-state index is -5.67. The van der Waals surface area contributed by atoms with Crippen LogP contribution < -0.4 is 0 Å². The molecule has 0 fully saturated rings. The van der Waals surface area contributed by atoms with E-state index in [-0.39, 0.29) is 0 Å². The third-order valence-electron chi connectivity index (χ3n) is 0.221. The van der Waals surface area contributed by atoms with Crippen LogP contribution in [0.15, 0.2) is 25.2 Å². The predicted molar refractivity (Wildman–Crippen MR) is 32.7 cm³/mol. The molecule has 0 aliphatic heterocycles. The van der Waals surface area contributed by atoms with Crippen LogP contribution in [0.1, 0.15) is 0 Å². The molecule has 0 saturated carbocycles. The molecule has 0 N–H and O–H groups in total. The zero-order valence-corrected chi connectivity index (χ0v) is 6.38. The molecule has 0 atom stereocenters. The Morgan fingerprint density at radius 3 is 1.25 bits per heavy atom. The van der Waals surface area contributed by atoms with Crippen LogP contribution in [-0.4, -0.2) is 8.42 Å². The maximum absolute atomic E-state index is 11.2. The summed E-state index contributed by atoms with van der Waals surface area (Å²) in [5.74, 6) is 0. The molecule has 0 saturated heterocycles. The Morgan fingerprint density at radius 1 is 1.08 bits per heavy atom. The summed E-state index contributed by atoms with van der Waals surface area (Å²) in [7, 11) is -5.67. The largest absolute Gasteiger partial charge is 0.476 e. The molecule has 0 heterocycles. The topological polar surface area (TPSA) is 43.4 Å². The molecule has 0 rings (SSSR count). The monoisotopic (exact) mass is 208 g/mol. The van der Waals surface area contributed by atoms with Crippen LogP contribution in [0.25, 0.3) is 0 Å². The van der Waals surface area contributed by atoms with Crippen LogP contribution in [0.4, 0.5) is 16.6 Å².